The molecule has 0 aromatic carbocycles. The molecular formula is C21H10N12Pd. The fourth-order valence-electron chi connectivity index (χ4n) is 2.95. The van der Waals surface area contributed by atoms with Gasteiger partial charge in [-0.25, -0.2) is 10.5 Å². The van der Waals surface area contributed by atoms with Gasteiger partial charge in [-0.3, -0.25) is 24.5 Å². The van der Waals surface area contributed by atoms with E-state index in [2.05, 4.69) is 52.2 Å². The van der Waals surface area contributed by atoms with Crippen LogP contribution in [0.1, 0.15) is 36.6 Å². The van der Waals surface area contributed by atoms with Crippen LogP contribution in [0, 0.1) is 48.5 Å². The number of hydrogen-bond donors (Lipinski definition) is 0. The van der Waals surface area contributed by atoms with E-state index in [0.717, 1.165) is 0 Å². The first kappa shape index (κ1) is 23.9. The molecular weight excluding hydrogens is 527 g/mol. The molecule has 4 rings (SSSR count). The molecule has 0 unspecified atom stereocenters. The number of nitrogens with zero attached hydrogens (tertiary/aromatic N) is 12. The van der Waals surface area contributed by atoms with E-state index in [1.807, 2.05) is 26.0 Å². The van der Waals surface area contributed by atoms with Gasteiger partial charge in [0.25, 0.3) is 12.1 Å². The van der Waals surface area contributed by atoms with Crippen molar-refractivity contribution in [2.45, 2.75) is 19.3 Å². The van der Waals surface area contributed by atoms with Gasteiger partial charge in [-0.2, -0.15) is 0 Å². The van der Waals surface area contributed by atoms with Gasteiger partial charge in [0, 0.05) is 30.6 Å². The minimum atomic E-state index is -0.807. The molecule has 0 aliphatic carbocycles. The van der Waals surface area contributed by atoms with Crippen molar-refractivity contribution < 1.29 is 20.4 Å². The van der Waals surface area contributed by atoms with Gasteiger partial charge >= 0.3 is 26.2 Å². The smallest absolute Gasteiger partial charge is 0.401 e. The minimum absolute atomic E-state index is 0. The van der Waals surface area contributed by atoms with E-state index >= 15 is 0 Å². The average molecular weight is 537 g/mol. The molecule has 13 heteroatoms. The SMILES string of the molecule is [C-]#[N+]c1n[c-]n(-c2cncc(C(C)(C)c3cncc(-n4[c-]nc(C#N)c4C#N)n3)n2)c1[N+]#[C-].[Pd+2]. The summed E-state index contributed by atoms with van der Waals surface area (Å²) < 4.78 is 2.54. The second kappa shape index (κ2) is 9.37. The Hall–Kier alpha value is -4.80. The Morgan fingerprint density at radius 2 is 1.47 bits per heavy atom. The van der Waals surface area contributed by atoms with Crippen molar-refractivity contribution in [1.82, 2.24) is 39.0 Å². The zero-order valence-corrected chi connectivity index (χ0v) is 19.0. The predicted octanol–water partition coefficient (Wildman–Crippen LogP) is 2.41. The molecule has 4 aromatic rings. The van der Waals surface area contributed by atoms with E-state index in [1.54, 1.807) is 12.4 Å². The van der Waals surface area contributed by atoms with Crippen molar-refractivity contribution in [2.75, 3.05) is 0 Å². The quantitative estimate of drug-likeness (QED) is 0.286. The Morgan fingerprint density at radius 1 is 0.882 bits per heavy atom. The molecule has 0 atom stereocenters. The van der Waals surface area contributed by atoms with E-state index in [1.165, 1.54) is 21.5 Å². The maximum absolute atomic E-state index is 9.39. The van der Waals surface area contributed by atoms with Crippen LogP contribution in [0.2, 0.25) is 0 Å². The molecule has 0 spiro atoms. The molecule has 0 N–H and O–H groups in total. The van der Waals surface area contributed by atoms with Gasteiger partial charge in [-0.15, -0.1) is 0 Å². The molecule has 164 valence electrons. The van der Waals surface area contributed by atoms with Crippen LogP contribution < -0.4 is 0 Å². The second-order valence-corrected chi connectivity index (χ2v) is 7.04. The van der Waals surface area contributed by atoms with Gasteiger partial charge in [-0.1, -0.05) is 18.1 Å². The van der Waals surface area contributed by atoms with Crippen molar-refractivity contribution in [1.29, 1.82) is 10.5 Å². The summed E-state index contributed by atoms with van der Waals surface area (Å²) in [7, 11) is 0. The first-order chi connectivity index (χ1) is 15.9. The van der Waals surface area contributed by atoms with Crippen molar-refractivity contribution >= 4 is 11.6 Å². The van der Waals surface area contributed by atoms with E-state index in [9.17, 15) is 5.26 Å². The molecule has 0 fully saturated rings. The van der Waals surface area contributed by atoms with Crippen LogP contribution in [0.25, 0.3) is 21.3 Å². The van der Waals surface area contributed by atoms with Crippen LogP contribution in [-0.4, -0.2) is 39.0 Å². The largest absolute Gasteiger partial charge is 2.00 e. The summed E-state index contributed by atoms with van der Waals surface area (Å²) >= 11 is 0. The summed E-state index contributed by atoms with van der Waals surface area (Å²) in [5.41, 5.74) is 0.133. The monoisotopic (exact) mass is 536 g/mol. The van der Waals surface area contributed by atoms with E-state index < -0.39 is 5.41 Å². The fraction of sp³-hybridized carbons (Fsp3) is 0.143. The van der Waals surface area contributed by atoms with Crippen LogP contribution in [0.5, 0.6) is 0 Å². The molecule has 12 nitrogen and oxygen atoms in total. The molecule has 34 heavy (non-hydrogen) atoms. The van der Waals surface area contributed by atoms with Gasteiger partial charge in [0.15, 0.2) is 5.82 Å². The first-order valence-electron chi connectivity index (χ1n) is 9.16. The standard InChI is InChI=1S/C21H10N12.Pd/c1-21(2,15-7-26-9-17(30-15)32-11-28-13(5-22)14(32)6-23)16-8-27-10-18(31-16)33-12-29-19(24-3)20(33)25-4;/h7-10H,1-2H3;/q-2;+2. The number of hydrogen-bond acceptors (Lipinski definition) is 8. The minimum Gasteiger partial charge on any atom is -0.401 e. The van der Waals surface area contributed by atoms with Crippen molar-refractivity contribution in [2.24, 2.45) is 0 Å². The summed E-state index contributed by atoms with van der Waals surface area (Å²) in [6.45, 7) is 18.2. The zero-order valence-electron chi connectivity index (χ0n) is 17.5. The summed E-state index contributed by atoms with van der Waals surface area (Å²) in [5.74, 6) is 0.447. The van der Waals surface area contributed by atoms with Crippen LogP contribution in [0.4, 0.5) is 11.6 Å². The topological polar surface area (TPSA) is 144 Å². The molecule has 0 amide bonds. The Balaban J connectivity index is 0.00000324. The van der Waals surface area contributed by atoms with Crippen molar-refractivity contribution in [3.05, 3.63) is 83.1 Å². The molecule has 4 aromatic heterocycles. The van der Waals surface area contributed by atoms with Gasteiger partial charge < -0.3 is 19.2 Å². The molecule has 0 aliphatic rings. The summed E-state index contributed by atoms with van der Waals surface area (Å²) in [4.78, 5) is 31.8. The van der Waals surface area contributed by atoms with E-state index in [4.69, 9.17) is 18.4 Å². The maximum Gasteiger partial charge on any atom is 2.00 e. The predicted molar refractivity (Wildman–Crippen MR) is 110 cm³/mol. The zero-order chi connectivity index (χ0) is 23.6. The van der Waals surface area contributed by atoms with E-state index in [-0.39, 0.29) is 55.1 Å². The summed E-state index contributed by atoms with van der Waals surface area (Å²) in [6, 6.07) is 3.77. The van der Waals surface area contributed by atoms with E-state index in [0.29, 0.717) is 11.4 Å². The Labute approximate surface area is 207 Å². The van der Waals surface area contributed by atoms with Crippen LogP contribution in [-0.2, 0) is 25.8 Å². The van der Waals surface area contributed by atoms with Crippen LogP contribution in [0.3, 0.4) is 0 Å². The van der Waals surface area contributed by atoms with Crippen molar-refractivity contribution in [3.8, 4) is 23.8 Å². The molecule has 0 bridgehead atoms. The Bertz CT molecular complexity index is 1440. The number of imidazole rings is 2. The molecule has 4 heterocycles. The summed E-state index contributed by atoms with van der Waals surface area (Å²) in [5, 5.41) is 18.5. The molecule has 0 saturated carbocycles. The fourth-order valence-corrected chi connectivity index (χ4v) is 2.95. The number of nitriles is 2. The molecule has 0 aliphatic heterocycles. The average Bonchev–Trinajstić information content (AvgIpc) is 3.47. The molecule has 0 saturated heterocycles. The number of aromatic nitrogens is 8. The van der Waals surface area contributed by atoms with Gasteiger partial charge in [0.2, 0.25) is 0 Å². The van der Waals surface area contributed by atoms with Crippen LogP contribution in [0.15, 0.2) is 24.8 Å². The Kier molecular flexibility index (Phi) is 6.57. The first-order valence-corrected chi connectivity index (χ1v) is 9.16. The number of rotatable bonds is 4. The normalized spacial score (nSPS) is 10.3. The third-order valence-electron chi connectivity index (χ3n) is 4.78. The summed E-state index contributed by atoms with van der Waals surface area (Å²) in [6.07, 6.45) is 11.2. The van der Waals surface area contributed by atoms with Gasteiger partial charge in [-0.05, 0) is 13.8 Å². The molecule has 0 radical (unpaired) electrons. The van der Waals surface area contributed by atoms with Gasteiger partial charge in [0.05, 0.1) is 46.6 Å². The second-order valence-electron chi connectivity index (χ2n) is 7.04. The van der Waals surface area contributed by atoms with Gasteiger partial charge in [0.1, 0.15) is 0 Å². The van der Waals surface area contributed by atoms with Crippen LogP contribution >= 0.6 is 0 Å². The van der Waals surface area contributed by atoms with Crippen molar-refractivity contribution in [3.63, 3.8) is 0 Å². The third-order valence-corrected chi connectivity index (χ3v) is 4.78. The Morgan fingerprint density at radius 3 is 2.00 bits per heavy atom. The maximum atomic E-state index is 9.39. The third kappa shape index (κ3) is 3.90.